The summed E-state index contributed by atoms with van der Waals surface area (Å²) in [4.78, 5) is 9.45. The van der Waals surface area contributed by atoms with Gasteiger partial charge in [0, 0.05) is 51.5 Å². The Morgan fingerprint density at radius 2 is 2.14 bits per heavy atom. The van der Waals surface area contributed by atoms with E-state index in [1.165, 1.54) is 24.9 Å². The highest BCUT2D eigenvalue weighted by Gasteiger charge is 2.28. The van der Waals surface area contributed by atoms with Crippen molar-refractivity contribution in [3.63, 3.8) is 0 Å². The van der Waals surface area contributed by atoms with E-state index in [2.05, 4.69) is 55.5 Å². The van der Waals surface area contributed by atoms with E-state index in [-0.39, 0.29) is 6.10 Å². The molecule has 1 N–H and O–H groups in total. The fraction of sp³-hybridized carbons (Fsp3) is 0.545. The Kier molecular flexibility index (Phi) is 6.46. The van der Waals surface area contributed by atoms with Gasteiger partial charge in [0.2, 0.25) is 0 Å². The highest BCUT2D eigenvalue weighted by molar-refractivity contribution is 5.80. The Balaban J connectivity index is 1.32. The molecule has 7 heteroatoms. The number of aryl methyl sites for hydroxylation is 1. The van der Waals surface area contributed by atoms with E-state index >= 15 is 0 Å². The number of benzene rings is 1. The van der Waals surface area contributed by atoms with Crippen molar-refractivity contribution in [1.29, 1.82) is 0 Å². The molecule has 0 bridgehead atoms. The molecule has 1 aromatic carbocycles. The van der Waals surface area contributed by atoms with Crippen LogP contribution in [0.25, 0.3) is 0 Å². The van der Waals surface area contributed by atoms with Crippen molar-refractivity contribution < 1.29 is 4.74 Å². The van der Waals surface area contributed by atoms with Crippen molar-refractivity contribution in [2.75, 3.05) is 39.8 Å². The third kappa shape index (κ3) is 4.97. The Hall–Kier alpha value is -2.38. The number of hydrogen-bond acceptors (Lipinski definition) is 4. The molecule has 2 atom stereocenters. The number of rotatable bonds is 5. The molecule has 2 unspecified atom stereocenters. The Morgan fingerprint density at radius 1 is 1.28 bits per heavy atom. The number of likely N-dealkylation sites (tertiary alicyclic amines) is 1. The second kappa shape index (κ2) is 9.41. The average molecular weight is 397 g/mol. The molecule has 0 amide bonds. The molecule has 2 aliphatic rings. The van der Waals surface area contributed by atoms with Gasteiger partial charge in [-0.2, -0.15) is 5.10 Å². The van der Waals surface area contributed by atoms with Crippen LogP contribution in [0.1, 0.15) is 30.1 Å². The van der Waals surface area contributed by atoms with Crippen LogP contribution in [0.2, 0.25) is 0 Å². The Labute approximate surface area is 173 Å². The molecule has 2 aromatic rings. The number of nitrogens with zero attached hydrogens (tertiary/aromatic N) is 5. The van der Waals surface area contributed by atoms with Gasteiger partial charge in [-0.25, -0.2) is 0 Å². The summed E-state index contributed by atoms with van der Waals surface area (Å²) in [5, 5.41) is 7.91. The smallest absolute Gasteiger partial charge is 0.193 e. The Morgan fingerprint density at radius 3 is 2.90 bits per heavy atom. The molecule has 1 aromatic heterocycles. The number of aliphatic imine (C=N–C) groups is 1. The van der Waals surface area contributed by atoms with E-state index in [1.807, 2.05) is 31.2 Å². The van der Waals surface area contributed by atoms with Gasteiger partial charge in [-0.1, -0.05) is 30.3 Å². The minimum atomic E-state index is 0.0389. The monoisotopic (exact) mass is 396 g/mol. The predicted octanol–water partition coefficient (Wildman–Crippen LogP) is 2.03. The quantitative estimate of drug-likeness (QED) is 0.619. The first-order valence-electron chi connectivity index (χ1n) is 10.6. The van der Waals surface area contributed by atoms with Crippen LogP contribution in [-0.4, -0.2) is 71.4 Å². The number of ether oxygens (including phenoxy) is 1. The molecule has 29 heavy (non-hydrogen) atoms. The fourth-order valence-electron chi connectivity index (χ4n) is 4.34. The van der Waals surface area contributed by atoms with Gasteiger partial charge in [-0.15, -0.1) is 0 Å². The molecule has 2 fully saturated rings. The van der Waals surface area contributed by atoms with Crippen LogP contribution in [0.3, 0.4) is 0 Å². The predicted molar refractivity (Wildman–Crippen MR) is 115 cm³/mol. The van der Waals surface area contributed by atoms with Gasteiger partial charge in [0.25, 0.3) is 0 Å². The lowest BCUT2D eigenvalue weighted by molar-refractivity contribution is -0.00811. The van der Waals surface area contributed by atoms with Gasteiger partial charge in [0.15, 0.2) is 5.96 Å². The van der Waals surface area contributed by atoms with Crippen molar-refractivity contribution in [3.8, 4) is 0 Å². The summed E-state index contributed by atoms with van der Waals surface area (Å²) in [6, 6.07) is 11.3. The molecule has 0 saturated carbocycles. The minimum Gasteiger partial charge on any atom is -0.370 e. The van der Waals surface area contributed by atoms with Crippen LogP contribution in [-0.2, 0) is 18.3 Å². The average Bonchev–Trinajstić information content (AvgIpc) is 3.38. The van der Waals surface area contributed by atoms with Crippen LogP contribution in [0.5, 0.6) is 0 Å². The summed E-state index contributed by atoms with van der Waals surface area (Å²) in [5.74, 6) is 0.966. The lowest BCUT2D eigenvalue weighted by Gasteiger charge is -2.35. The largest absolute Gasteiger partial charge is 0.370 e. The maximum absolute atomic E-state index is 5.98. The van der Waals surface area contributed by atoms with E-state index < -0.39 is 0 Å². The summed E-state index contributed by atoms with van der Waals surface area (Å²) in [5.41, 5.74) is 2.51. The van der Waals surface area contributed by atoms with Gasteiger partial charge in [0.05, 0.1) is 19.3 Å². The second-order valence-electron chi connectivity index (χ2n) is 7.93. The standard InChI is InChI=1S/C22H32N6O/c1-23-22(28-11-12-29-21(17-28)19-13-25-26(2)16-19)24-14-20-9-6-10-27(20)15-18-7-4-3-5-8-18/h3-5,7-8,13,16,20-21H,6,9-12,14-15,17H2,1-2H3,(H,23,24). The van der Waals surface area contributed by atoms with Crippen molar-refractivity contribution in [1.82, 2.24) is 24.9 Å². The molecule has 3 heterocycles. The van der Waals surface area contributed by atoms with Crippen molar-refractivity contribution in [2.45, 2.75) is 31.5 Å². The van der Waals surface area contributed by atoms with Gasteiger partial charge in [-0.05, 0) is 24.9 Å². The molecule has 4 rings (SSSR count). The molecule has 156 valence electrons. The van der Waals surface area contributed by atoms with Crippen LogP contribution in [0.4, 0.5) is 0 Å². The van der Waals surface area contributed by atoms with Gasteiger partial charge >= 0.3 is 0 Å². The summed E-state index contributed by atoms with van der Waals surface area (Å²) in [6.45, 7) is 5.46. The zero-order valence-electron chi connectivity index (χ0n) is 17.5. The zero-order chi connectivity index (χ0) is 20.1. The molecule has 0 spiro atoms. The first-order valence-corrected chi connectivity index (χ1v) is 10.6. The van der Waals surface area contributed by atoms with E-state index in [9.17, 15) is 0 Å². The van der Waals surface area contributed by atoms with Crippen molar-refractivity contribution in [3.05, 3.63) is 53.9 Å². The van der Waals surface area contributed by atoms with Gasteiger partial charge in [-0.3, -0.25) is 14.6 Å². The number of guanidine groups is 1. The molecule has 2 aliphatic heterocycles. The topological polar surface area (TPSA) is 57.9 Å². The summed E-state index contributed by atoms with van der Waals surface area (Å²) in [6.07, 6.45) is 6.46. The molecule has 0 radical (unpaired) electrons. The summed E-state index contributed by atoms with van der Waals surface area (Å²) >= 11 is 0. The second-order valence-corrected chi connectivity index (χ2v) is 7.93. The lowest BCUT2D eigenvalue weighted by atomic mass is 10.1. The zero-order valence-corrected chi connectivity index (χ0v) is 17.5. The lowest BCUT2D eigenvalue weighted by Crippen LogP contribution is -2.50. The van der Waals surface area contributed by atoms with Crippen LogP contribution < -0.4 is 5.32 Å². The molecular weight excluding hydrogens is 364 g/mol. The van der Waals surface area contributed by atoms with Crippen LogP contribution in [0, 0.1) is 0 Å². The van der Waals surface area contributed by atoms with Gasteiger partial charge < -0.3 is 15.0 Å². The molecule has 7 nitrogen and oxygen atoms in total. The molecule has 2 saturated heterocycles. The third-order valence-electron chi connectivity index (χ3n) is 5.90. The number of hydrogen-bond donors (Lipinski definition) is 1. The minimum absolute atomic E-state index is 0.0389. The number of nitrogens with one attached hydrogen (secondary N) is 1. The Bertz CT molecular complexity index is 805. The normalized spacial score (nSPS) is 23.5. The first-order chi connectivity index (χ1) is 14.2. The van der Waals surface area contributed by atoms with E-state index in [1.54, 1.807) is 0 Å². The van der Waals surface area contributed by atoms with E-state index in [4.69, 9.17) is 4.74 Å². The number of morpholine rings is 1. The fourth-order valence-corrected chi connectivity index (χ4v) is 4.34. The van der Waals surface area contributed by atoms with Gasteiger partial charge in [0.1, 0.15) is 6.10 Å². The maximum atomic E-state index is 5.98. The van der Waals surface area contributed by atoms with Crippen molar-refractivity contribution >= 4 is 5.96 Å². The molecule has 0 aliphatic carbocycles. The highest BCUT2D eigenvalue weighted by Crippen LogP contribution is 2.22. The summed E-state index contributed by atoms with van der Waals surface area (Å²) < 4.78 is 7.80. The first kappa shape index (κ1) is 19.9. The van der Waals surface area contributed by atoms with Crippen LogP contribution in [0.15, 0.2) is 47.7 Å². The van der Waals surface area contributed by atoms with Crippen LogP contribution >= 0.6 is 0 Å². The molecular formula is C22H32N6O. The number of aromatic nitrogens is 2. The highest BCUT2D eigenvalue weighted by atomic mass is 16.5. The summed E-state index contributed by atoms with van der Waals surface area (Å²) in [7, 11) is 3.81. The maximum Gasteiger partial charge on any atom is 0.193 e. The SMILES string of the molecule is CN=C(NCC1CCCN1Cc1ccccc1)N1CCOC(c2cnn(C)c2)C1. The van der Waals surface area contributed by atoms with E-state index in [0.29, 0.717) is 12.6 Å². The van der Waals surface area contributed by atoms with E-state index in [0.717, 1.165) is 37.7 Å². The third-order valence-corrected chi connectivity index (χ3v) is 5.90. The van der Waals surface area contributed by atoms with Crippen molar-refractivity contribution in [2.24, 2.45) is 12.0 Å².